The number of carbonyl (C=O) groups excluding carboxylic acids is 1. The van der Waals surface area contributed by atoms with Crippen molar-refractivity contribution in [1.82, 2.24) is 10.6 Å². The first kappa shape index (κ1) is 12.9. The number of hydrogen-bond acceptors (Lipinski definition) is 3. The summed E-state index contributed by atoms with van der Waals surface area (Å²) in [6.07, 6.45) is 1.57. The Morgan fingerprint density at radius 1 is 1.33 bits per heavy atom. The van der Waals surface area contributed by atoms with Crippen LogP contribution in [-0.4, -0.2) is 25.2 Å². The third kappa shape index (κ3) is 3.47. The van der Waals surface area contributed by atoms with Gasteiger partial charge in [-0.3, -0.25) is 0 Å². The van der Waals surface area contributed by atoms with Gasteiger partial charge in [0, 0.05) is 6.04 Å². The standard InChI is InChI=1S/C14H20N2O2/c1-10-3-4-13(11(2)9-10)18-14(17)16-12-5-7-15-8-6-12/h3-4,9,12,15H,5-8H2,1-2H3,(H,16,17). The summed E-state index contributed by atoms with van der Waals surface area (Å²) < 4.78 is 5.33. The first-order chi connectivity index (χ1) is 8.65. The van der Waals surface area contributed by atoms with Crippen LogP contribution >= 0.6 is 0 Å². The molecule has 1 aromatic carbocycles. The number of amides is 1. The normalized spacial score (nSPS) is 16.3. The maximum Gasteiger partial charge on any atom is 0.412 e. The van der Waals surface area contributed by atoms with E-state index in [0.29, 0.717) is 5.75 Å². The number of piperidine rings is 1. The fourth-order valence-electron chi connectivity index (χ4n) is 2.18. The second kappa shape index (κ2) is 5.87. The van der Waals surface area contributed by atoms with E-state index >= 15 is 0 Å². The van der Waals surface area contributed by atoms with Gasteiger partial charge in [0.1, 0.15) is 5.75 Å². The van der Waals surface area contributed by atoms with Crippen LogP contribution < -0.4 is 15.4 Å². The summed E-state index contributed by atoms with van der Waals surface area (Å²) in [6.45, 7) is 5.87. The predicted molar refractivity (Wildman–Crippen MR) is 71.0 cm³/mol. The molecule has 0 atom stereocenters. The van der Waals surface area contributed by atoms with Crippen LogP contribution in [0.2, 0.25) is 0 Å². The highest BCUT2D eigenvalue weighted by Gasteiger charge is 2.16. The topological polar surface area (TPSA) is 50.4 Å². The van der Waals surface area contributed by atoms with E-state index in [1.54, 1.807) is 0 Å². The fourth-order valence-corrected chi connectivity index (χ4v) is 2.18. The molecule has 1 amide bonds. The Morgan fingerprint density at radius 2 is 2.06 bits per heavy atom. The predicted octanol–water partition coefficient (Wildman–Crippen LogP) is 2.14. The number of nitrogens with one attached hydrogen (secondary N) is 2. The van der Waals surface area contributed by atoms with Gasteiger partial charge in [0.2, 0.25) is 0 Å². The van der Waals surface area contributed by atoms with Gasteiger partial charge in [-0.2, -0.15) is 0 Å². The summed E-state index contributed by atoms with van der Waals surface area (Å²) in [6, 6.07) is 6.02. The van der Waals surface area contributed by atoms with Crippen LogP contribution in [0.15, 0.2) is 18.2 Å². The van der Waals surface area contributed by atoms with Gasteiger partial charge in [-0.05, 0) is 51.4 Å². The minimum atomic E-state index is -0.353. The van der Waals surface area contributed by atoms with Crippen LogP contribution in [0, 0.1) is 13.8 Å². The molecule has 1 saturated heterocycles. The van der Waals surface area contributed by atoms with Crippen molar-refractivity contribution < 1.29 is 9.53 Å². The lowest BCUT2D eigenvalue weighted by Crippen LogP contribution is -2.43. The summed E-state index contributed by atoms with van der Waals surface area (Å²) >= 11 is 0. The van der Waals surface area contributed by atoms with Crippen LogP contribution in [0.4, 0.5) is 4.79 Å². The largest absolute Gasteiger partial charge is 0.412 e. The summed E-state index contributed by atoms with van der Waals surface area (Å²) in [7, 11) is 0. The molecule has 0 aliphatic carbocycles. The summed E-state index contributed by atoms with van der Waals surface area (Å²) in [5.41, 5.74) is 2.15. The maximum absolute atomic E-state index is 11.8. The van der Waals surface area contributed by atoms with Crippen LogP contribution in [0.3, 0.4) is 0 Å². The van der Waals surface area contributed by atoms with Crippen molar-refractivity contribution in [3.05, 3.63) is 29.3 Å². The van der Waals surface area contributed by atoms with Crippen molar-refractivity contribution >= 4 is 6.09 Å². The summed E-state index contributed by atoms with van der Waals surface area (Å²) in [5, 5.41) is 6.17. The van der Waals surface area contributed by atoms with E-state index in [1.807, 2.05) is 32.0 Å². The molecule has 0 bridgehead atoms. The van der Waals surface area contributed by atoms with Gasteiger partial charge in [0.05, 0.1) is 0 Å². The lowest BCUT2D eigenvalue weighted by molar-refractivity contribution is 0.192. The molecule has 2 N–H and O–H groups in total. The quantitative estimate of drug-likeness (QED) is 0.843. The van der Waals surface area contributed by atoms with Gasteiger partial charge >= 0.3 is 6.09 Å². The molecule has 1 aliphatic rings. The molecule has 98 valence electrons. The van der Waals surface area contributed by atoms with E-state index in [0.717, 1.165) is 31.5 Å². The lowest BCUT2D eigenvalue weighted by atomic mass is 10.1. The van der Waals surface area contributed by atoms with E-state index in [1.165, 1.54) is 5.56 Å². The Kier molecular flexibility index (Phi) is 4.20. The zero-order valence-electron chi connectivity index (χ0n) is 11.0. The minimum Gasteiger partial charge on any atom is -0.410 e. The van der Waals surface area contributed by atoms with Crippen molar-refractivity contribution in [3.8, 4) is 5.75 Å². The van der Waals surface area contributed by atoms with E-state index in [-0.39, 0.29) is 12.1 Å². The highest BCUT2D eigenvalue weighted by molar-refractivity contribution is 5.71. The van der Waals surface area contributed by atoms with Crippen LogP contribution in [0.5, 0.6) is 5.75 Å². The fraction of sp³-hybridized carbons (Fsp3) is 0.500. The molecule has 0 spiro atoms. The molecule has 0 saturated carbocycles. The number of benzene rings is 1. The van der Waals surface area contributed by atoms with E-state index < -0.39 is 0 Å². The molecule has 4 heteroatoms. The molecule has 1 aromatic rings. The van der Waals surface area contributed by atoms with Gasteiger partial charge in [0.25, 0.3) is 0 Å². The molecule has 1 heterocycles. The zero-order valence-corrected chi connectivity index (χ0v) is 11.0. The Morgan fingerprint density at radius 3 is 2.72 bits per heavy atom. The highest BCUT2D eigenvalue weighted by atomic mass is 16.6. The molecular weight excluding hydrogens is 228 g/mol. The zero-order chi connectivity index (χ0) is 13.0. The van der Waals surface area contributed by atoms with Crippen molar-refractivity contribution in [3.63, 3.8) is 0 Å². The average molecular weight is 248 g/mol. The molecule has 2 rings (SSSR count). The summed E-state index contributed by atoms with van der Waals surface area (Å²) in [5.74, 6) is 0.632. The van der Waals surface area contributed by atoms with Crippen LogP contribution in [0.1, 0.15) is 24.0 Å². The molecule has 4 nitrogen and oxygen atoms in total. The van der Waals surface area contributed by atoms with Crippen molar-refractivity contribution in [2.24, 2.45) is 0 Å². The van der Waals surface area contributed by atoms with Crippen LogP contribution in [0.25, 0.3) is 0 Å². The Bertz CT molecular complexity index is 426. The van der Waals surface area contributed by atoms with Gasteiger partial charge in [-0.15, -0.1) is 0 Å². The molecule has 0 radical (unpaired) electrons. The number of aryl methyl sites for hydroxylation is 2. The number of rotatable bonds is 2. The molecule has 18 heavy (non-hydrogen) atoms. The van der Waals surface area contributed by atoms with Gasteiger partial charge in [0.15, 0.2) is 0 Å². The van der Waals surface area contributed by atoms with Crippen molar-refractivity contribution in [1.29, 1.82) is 0 Å². The van der Waals surface area contributed by atoms with Crippen molar-refractivity contribution in [2.45, 2.75) is 32.7 Å². The Balaban J connectivity index is 1.90. The summed E-state index contributed by atoms with van der Waals surface area (Å²) in [4.78, 5) is 11.8. The van der Waals surface area contributed by atoms with E-state index in [9.17, 15) is 4.79 Å². The van der Waals surface area contributed by atoms with Crippen LogP contribution in [-0.2, 0) is 0 Å². The van der Waals surface area contributed by atoms with E-state index in [4.69, 9.17) is 4.74 Å². The van der Waals surface area contributed by atoms with Gasteiger partial charge in [-0.25, -0.2) is 4.79 Å². The third-order valence-electron chi connectivity index (χ3n) is 3.19. The monoisotopic (exact) mass is 248 g/mol. The number of hydrogen-bond donors (Lipinski definition) is 2. The first-order valence-electron chi connectivity index (χ1n) is 6.41. The average Bonchev–Trinajstić information content (AvgIpc) is 2.34. The van der Waals surface area contributed by atoms with E-state index in [2.05, 4.69) is 10.6 Å². The molecule has 0 unspecified atom stereocenters. The van der Waals surface area contributed by atoms with Gasteiger partial charge < -0.3 is 15.4 Å². The Hall–Kier alpha value is -1.55. The highest BCUT2D eigenvalue weighted by Crippen LogP contribution is 2.18. The molecule has 1 fully saturated rings. The number of ether oxygens (including phenoxy) is 1. The third-order valence-corrected chi connectivity index (χ3v) is 3.19. The minimum absolute atomic E-state index is 0.226. The smallest absolute Gasteiger partial charge is 0.410 e. The van der Waals surface area contributed by atoms with Crippen molar-refractivity contribution in [2.75, 3.05) is 13.1 Å². The lowest BCUT2D eigenvalue weighted by Gasteiger charge is -2.23. The second-order valence-electron chi connectivity index (χ2n) is 4.83. The number of carbonyl (C=O) groups is 1. The van der Waals surface area contributed by atoms with Gasteiger partial charge in [-0.1, -0.05) is 17.7 Å². The first-order valence-corrected chi connectivity index (χ1v) is 6.41. The molecule has 1 aliphatic heterocycles. The SMILES string of the molecule is Cc1ccc(OC(=O)NC2CCNCC2)c(C)c1. The Labute approximate surface area is 108 Å². The second-order valence-corrected chi connectivity index (χ2v) is 4.83. The maximum atomic E-state index is 11.8. The molecule has 0 aromatic heterocycles. The molecular formula is C14H20N2O2.